The van der Waals surface area contributed by atoms with Gasteiger partial charge in [0.25, 0.3) is 15.9 Å². The molecule has 33 heavy (non-hydrogen) atoms. The number of halogens is 1. The third kappa shape index (κ3) is 6.30. The molecule has 1 amide bonds. The first-order chi connectivity index (χ1) is 15.7. The molecule has 0 radical (unpaired) electrons. The SMILES string of the molecule is COc1ccc(NS(=O)(=O)c2ccc(NC(=O)C(C)Oc3ccc(Cl)cc3)cc2)c(OC)c1. The molecule has 0 aromatic heterocycles. The number of benzene rings is 3. The molecule has 0 bridgehead atoms. The molecule has 2 N–H and O–H groups in total. The molecule has 0 saturated heterocycles. The molecule has 174 valence electrons. The second-order valence-corrected chi connectivity index (χ2v) is 9.02. The Morgan fingerprint density at radius 3 is 2.15 bits per heavy atom. The van der Waals surface area contributed by atoms with Gasteiger partial charge in [-0.25, -0.2) is 8.42 Å². The Morgan fingerprint density at radius 1 is 0.909 bits per heavy atom. The third-order valence-electron chi connectivity index (χ3n) is 4.58. The van der Waals surface area contributed by atoms with Gasteiger partial charge in [-0.05, 0) is 67.6 Å². The molecule has 0 saturated carbocycles. The van der Waals surface area contributed by atoms with Crippen molar-refractivity contribution in [3.63, 3.8) is 0 Å². The van der Waals surface area contributed by atoms with E-state index >= 15 is 0 Å². The van der Waals surface area contributed by atoms with Gasteiger partial charge in [-0.3, -0.25) is 9.52 Å². The van der Waals surface area contributed by atoms with Crippen LogP contribution in [0.15, 0.2) is 71.6 Å². The van der Waals surface area contributed by atoms with Gasteiger partial charge in [-0.15, -0.1) is 0 Å². The highest BCUT2D eigenvalue weighted by molar-refractivity contribution is 7.92. The van der Waals surface area contributed by atoms with Crippen molar-refractivity contribution in [3.8, 4) is 17.2 Å². The lowest BCUT2D eigenvalue weighted by Gasteiger charge is -2.15. The average molecular weight is 491 g/mol. The Kier molecular flexibility index (Phi) is 7.67. The van der Waals surface area contributed by atoms with Crippen LogP contribution in [0.4, 0.5) is 11.4 Å². The normalized spacial score (nSPS) is 11.9. The van der Waals surface area contributed by atoms with E-state index in [1.807, 2.05) is 0 Å². The van der Waals surface area contributed by atoms with Crippen LogP contribution in [0.1, 0.15) is 6.92 Å². The Balaban J connectivity index is 1.66. The number of ether oxygens (including phenoxy) is 3. The molecule has 8 nitrogen and oxygen atoms in total. The molecule has 0 aliphatic heterocycles. The molecule has 0 aliphatic carbocycles. The van der Waals surface area contributed by atoms with Crippen molar-refractivity contribution in [2.75, 3.05) is 24.3 Å². The Morgan fingerprint density at radius 2 is 1.55 bits per heavy atom. The van der Waals surface area contributed by atoms with Crippen LogP contribution in [-0.2, 0) is 14.8 Å². The van der Waals surface area contributed by atoms with E-state index in [1.54, 1.807) is 49.4 Å². The van der Waals surface area contributed by atoms with Gasteiger partial charge in [-0.1, -0.05) is 11.6 Å². The fourth-order valence-corrected chi connectivity index (χ4v) is 4.02. The summed E-state index contributed by atoms with van der Waals surface area (Å²) >= 11 is 5.84. The molecule has 1 unspecified atom stereocenters. The molecule has 1 atom stereocenters. The van der Waals surface area contributed by atoms with Gasteiger partial charge in [0.1, 0.15) is 17.2 Å². The van der Waals surface area contributed by atoms with E-state index in [0.717, 1.165) is 0 Å². The van der Waals surface area contributed by atoms with E-state index in [9.17, 15) is 13.2 Å². The number of rotatable bonds is 9. The predicted octanol–water partition coefficient (Wildman–Crippen LogP) is 4.56. The van der Waals surface area contributed by atoms with Crippen LogP contribution in [0, 0.1) is 0 Å². The van der Waals surface area contributed by atoms with E-state index in [0.29, 0.717) is 28.0 Å². The molecule has 3 rings (SSSR count). The van der Waals surface area contributed by atoms with Gasteiger partial charge >= 0.3 is 0 Å². The minimum atomic E-state index is -3.89. The first kappa shape index (κ1) is 24.2. The van der Waals surface area contributed by atoms with Crippen molar-refractivity contribution in [1.29, 1.82) is 0 Å². The summed E-state index contributed by atoms with van der Waals surface area (Å²) in [5.74, 6) is 0.964. The monoisotopic (exact) mass is 490 g/mol. The molecule has 3 aromatic rings. The highest BCUT2D eigenvalue weighted by Crippen LogP contribution is 2.31. The maximum Gasteiger partial charge on any atom is 0.265 e. The van der Waals surface area contributed by atoms with Crippen molar-refractivity contribution in [3.05, 3.63) is 71.8 Å². The lowest BCUT2D eigenvalue weighted by atomic mass is 10.3. The number of hydrogen-bond donors (Lipinski definition) is 2. The van der Waals surface area contributed by atoms with Crippen molar-refractivity contribution in [1.82, 2.24) is 0 Å². The van der Waals surface area contributed by atoms with Crippen LogP contribution >= 0.6 is 11.6 Å². The zero-order chi connectivity index (χ0) is 24.0. The standard InChI is InChI=1S/C23H23ClN2O6S/c1-15(32-18-8-4-16(24)5-9-18)23(27)25-17-6-11-20(12-7-17)33(28,29)26-21-13-10-19(30-2)14-22(21)31-3/h4-15,26H,1-3H3,(H,25,27). The quantitative estimate of drug-likeness (QED) is 0.455. The summed E-state index contributed by atoms with van der Waals surface area (Å²) < 4.78 is 44.0. The number of carbonyl (C=O) groups excluding carboxylic acids is 1. The molecule has 0 heterocycles. The van der Waals surface area contributed by atoms with Crippen LogP contribution in [0.5, 0.6) is 17.2 Å². The summed E-state index contributed by atoms with van der Waals surface area (Å²) in [5.41, 5.74) is 0.691. The molecule has 0 spiro atoms. The highest BCUT2D eigenvalue weighted by Gasteiger charge is 2.19. The van der Waals surface area contributed by atoms with Gasteiger partial charge in [-0.2, -0.15) is 0 Å². The third-order valence-corrected chi connectivity index (χ3v) is 6.21. The molecule has 0 aliphatic rings. The van der Waals surface area contributed by atoms with Crippen LogP contribution in [0.25, 0.3) is 0 Å². The highest BCUT2D eigenvalue weighted by atomic mass is 35.5. The zero-order valence-corrected chi connectivity index (χ0v) is 19.7. The van der Waals surface area contributed by atoms with Gasteiger partial charge in [0.05, 0.1) is 24.8 Å². The van der Waals surface area contributed by atoms with Crippen LogP contribution in [0.3, 0.4) is 0 Å². The van der Waals surface area contributed by atoms with Gasteiger partial charge in [0, 0.05) is 16.8 Å². The summed E-state index contributed by atoms with van der Waals surface area (Å²) in [6.45, 7) is 1.61. The average Bonchev–Trinajstić information content (AvgIpc) is 2.81. The van der Waals surface area contributed by atoms with Crippen LogP contribution in [0.2, 0.25) is 5.02 Å². The van der Waals surface area contributed by atoms with E-state index < -0.39 is 16.1 Å². The van der Waals surface area contributed by atoms with Crippen molar-refractivity contribution in [2.24, 2.45) is 0 Å². The summed E-state index contributed by atoms with van der Waals surface area (Å²) in [5, 5.41) is 3.26. The summed E-state index contributed by atoms with van der Waals surface area (Å²) in [6.07, 6.45) is -0.779. The first-order valence-corrected chi connectivity index (χ1v) is 11.7. The summed E-state index contributed by atoms with van der Waals surface area (Å²) in [6, 6.07) is 17.2. The fourth-order valence-electron chi connectivity index (χ4n) is 2.82. The van der Waals surface area contributed by atoms with Gasteiger partial charge in [0.2, 0.25) is 0 Å². The van der Waals surface area contributed by atoms with Crippen molar-refractivity contribution in [2.45, 2.75) is 17.9 Å². The Labute approximate surface area is 197 Å². The molecular weight excluding hydrogens is 468 g/mol. The minimum Gasteiger partial charge on any atom is -0.497 e. The first-order valence-electron chi connectivity index (χ1n) is 9.80. The predicted molar refractivity (Wildman–Crippen MR) is 127 cm³/mol. The number of anilines is 2. The van der Waals surface area contributed by atoms with Crippen molar-refractivity contribution >= 4 is 38.9 Å². The molecule has 0 fully saturated rings. The lowest BCUT2D eigenvalue weighted by molar-refractivity contribution is -0.122. The van der Waals surface area contributed by atoms with Gasteiger partial charge in [0.15, 0.2) is 6.10 Å². The molecule has 3 aromatic carbocycles. The molecule has 10 heteroatoms. The van der Waals surface area contributed by atoms with E-state index in [-0.39, 0.29) is 16.5 Å². The summed E-state index contributed by atoms with van der Waals surface area (Å²) in [4.78, 5) is 12.4. The zero-order valence-electron chi connectivity index (χ0n) is 18.2. The number of hydrogen-bond acceptors (Lipinski definition) is 6. The van der Waals surface area contributed by atoms with Crippen LogP contribution in [-0.4, -0.2) is 34.6 Å². The van der Waals surface area contributed by atoms with E-state index in [2.05, 4.69) is 10.0 Å². The minimum absolute atomic E-state index is 0.0174. The Bertz CT molecular complexity index is 1210. The number of nitrogens with one attached hydrogen (secondary N) is 2. The summed E-state index contributed by atoms with van der Waals surface area (Å²) in [7, 11) is -0.955. The maximum absolute atomic E-state index is 12.8. The number of carbonyl (C=O) groups is 1. The van der Waals surface area contributed by atoms with E-state index in [1.165, 1.54) is 38.5 Å². The largest absolute Gasteiger partial charge is 0.497 e. The second-order valence-electron chi connectivity index (χ2n) is 6.90. The number of methoxy groups -OCH3 is 2. The second kappa shape index (κ2) is 10.5. The lowest BCUT2D eigenvalue weighted by Crippen LogP contribution is -2.30. The maximum atomic E-state index is 12.8. The smallest absolute Gasteiger partial charge is 0.265 e. The topological polar surface area (TPSA) is 103 Å². The van der Waals surface area contributed by atoms with Gasteiger partial charge < -0.3 is 19.5 Å². The Hall–Kier alpha value is -3.43. The fraction of sp³-hybridized carbons (Fsp3) is 0.174. The number of sulfonamides is 1. The van der Waals surface area contributed by atoms with Crippen LogP contribution < -0.4 is 24.2 Å². The number of amides is 1. The van der Waals surface area contributed by atoms with Crippen molar-refractivity contribution < 1.29 is 27.4 Å². The molecular formula is C23H23ClN2O6S. The van der Waals surface area contributed by atoms with E-state index in [4.69, 9.17) is 25.8 Å².